The van der Waals surface area contributed by atoms with E-state index < -0.39 is 5.82 Å². The number of hydrogen-bond donors (Lipinski definition) is 2. The normalized spacial score (nSPS) is 12.0. The zero-order valence-corrected chi connectivity index (χ0v) is 10.6. The number of anilines is 1. The first-order valence-corrected chi connectivity index (χ1v) is 5.93. The molecule has 0 aliphatic heterocycles. The Hall–Kier alpha value is -1.29. The zero-order valence-electron chi connectivity index (χ0n) is 9.89. The molecule has 5 heteroatoms. The number of nitrogens with one attached hydrogen (secondary N) is 2. The highest BCUT2D eigenvalue weighted by molar-refractivity contribution is 6.31. The van der Waals surface area contributed by atoms with E-state index >= 15 is 0 Å². The number of carbonyl (C=O) groups is 1. The Morgan fingerprint density at radius 1 is 1.53 bits per heavy atom. The number of amides is 2. The molecular formula is C12H16ClFN2O. The van der Waals surface area contributed by atoms with Crippen molar-refractivity contribution in [2.75, 3.05) is 5.32 Å². The van der Waals surface area contributed by atoms with Gasteiger partial charge in [-0.25, -0.2) is 9.18 Å². The minimum atomic E-state index is -0.503. The molecule has 0 heterocycles. The highest BCUT2D eigenvalue weighted by atomic mass is 35.5. The van der Waals surface area contributed by atoms with E-state index in [4.69, 9.17) is 11.6 Å². The van der Waals surface area contributed by atoms with Crippen molar-refractivity contribution in [2.45, 2.75) is 32.7 Å². The van der Waals surface area contributed by atoms with Gasteiger partial charge in [0.05, 0.1) is 5.02 Å². The highest BCUT2D eigenvalue weighted by Gasteiger charge is 2.07. The fraction of sp³-hybridized carbons (Fsp3) is 0.417. The van der Waals surface area contributed by atoms with Crippen LogP contribution in [0.2, 0.25) is 5.02 Å². The van der Waals surface area contributed by atoms with Gasteiger partial charge in [-0.2, -0.15) is 0 Å². The Morgan fingerprint density at radius 3 is 2.82 bits per heavy atom. The van der Waals surface area contributed by atoms with Crippen LogP contribution in [0.5, 0.6) is 0 Å². The summed E-state index contributed by atoms with van der Waals surface area (Å²) in [6, 6.07) is 3.85. The largest absolute Gasteiger partial charge is 0.335 e. The summed E-state index contributed by atoms with van der Waals surface area (Å²) >= 11 is 5.61. The van der Waals surface area contributed by atoms with Crippen LogP contribution in [-0.4, -0.2) is 12.1 Å². The van der Waals surface area contributed by atoms with Crippen molar-refractivity contribution in [3.8, 4) is 0 Å². The van der Waals surface area contributed by atoms with Gasteiger partial charge in [0.25, 0.3) is 0 Å². The van der Waals surface area contributed by atoms with Gasteiger partial charge in [0.2, 0.25) is 0 Å². The summed E-state index contributed by atoms with van der Waals surface area (Å²) in [7, 11) is 0. The Bertz CT molecular complexity index is 398. The Kier molecular flexibility index (Phi) is 5.22. The highest BCUT2D eigenvalue weighted by Crippen LogP contribution is 2.19. The number of halogens is 2. The minimum Gasteiger partial charge on any atom is -0.335 e. The van der Waals surface area contributed by atoms with Crippen molar-refractivity contribution in [3.05, 3.63) is 29.0 Å². The van der Waals surface area contributed by atoms with Crippen molar-refractivity contribution in [3.63, 3.8) is 0 Å². The van der Waals surface area contributed by atoms with Crippen LogP contribution in [0.1, 0.15) is 26.7 Å². The van der Waals surface area contributed by atoms with Crippen LogP contribution >= 0.6 is 11.6 Å². The molecule has 0 bridgehead atoms. The molecule has 1 rings (SSSR count). The molecule has 0 saturated heterocycles. The quantitative estimate of drug-likeness (QED) is 0.848. The van der Waals surface area contributed by atoms with Gasteiger partial charge in [0.15, 0.2) is 0 Å². The Morgan fingerprint density at radius 2 is 2.24 bits per heavy atom. The van der Waals surface area contributed by atoms with Crippen molar-refractivity contribution in [1.29, 1.82) is 0 Å². The second-order valence-corrected chi connectivity index (χ2v) is 4.32. The molecular weight excluding hydrogens is 243 g/mol. The lowest BCUT2D eigenvalue weighted by Crippen LogP contribution is -2.35. The van der Waals surface area contributed by atoms with Crippen LogP contribution in [-0.2, 0) is 0 Å². The maximum atomic E-state index is 12.9. The predicted molar refractivity (Wildman–Crippen MR) is 67.9 cm³/mol. The van der Waals surface area contributed by atoms with Crippen molar-refractivity contribution in [1.82, 2.24) is 5.32 Å². The van der Waals surface area contributed by atoms with Crippen LogP contribution in [0, 0.1) is 5.82 Å². The maximum absolute atomic E-state index is 12.9. The predicted octanol–water partition coefficient (Wildman–Crippen LogP) is 3.79. The third kappa shape index (κ3) is 4.61. The zero-order chi connectivity index (χ0) is 12.8. The molecule has 2 N–H and O–H groups in total. The molecule has 0 spiro atoms. The van der Waals surface area contributed by atoms with E-state index in [9.17, 15) is 9.18 Å². The van der Waals surface area contributed by atoms with Gasteiger partial charge < -0.3 is 10.6 Å². The van der Waals surface area contributed by atoms with Crippen LogP contribution in [0.15, 0.2) is 18.2 Å². The molecule has 17 heavy (non-hydrogen) atoms. The summed E-state index contributed by atoms with van der Waals surface area (Å²) in [6.45, 7) is 3.98. The fourth-order valence-electron chi connectivity index (χ4n) is 1.47. The summed E-state index contributed by atoms with van der Waals surface area (Å²) in [5.41, 5.74) is 0.470. The van der Waals surface area contributed by atoms with Crippen LogP contribution in [0.4, 0.5) is 14.9 Å². The van der Waals surface area contributed by atoms with Gasteiger partial charge in [-0.15, -0.1) is 0 Å². The van der Waals surface area contributed by atoms with E-state index in [0.29, 0.717) is 5.69 Å². The van der Waals surface area contributed by atoms with Crippen molar-refractivity contribution in [2.24, 2.45) is 0 Å². The summed E-state index contributed by atoms with van der Waals surface area (Å²) in [4.78, 5) is 11.5. The summed E-state index contributed by atoms with van der Waals surface area (Å²) < 4.78 is 12.9. The molecule has 2 amide bonds. The molecule has 94 valence electrons. The van der Waals surface area contributed by atoms with E-state index in [2.05, 4.69) is 17.6 Å². The third-order valence-corrected chi connectivity index (χ3v) is 2.57. The molecule has 0 aromatic heterocycles. The van der Waals surface area contributed by atoms with Gasteiger partial charge in [0, 0.05) is 11.7 Å². The smallest absolute Gasteiger partial charge is 0.319 e. The lowest BCUT2D eigenvalue weighted by Gasteiger charge is -2.13. The van der Waals surface area contributed by atoms with Crippen LogP contribution in [0.3, 0.4) is 0 Å². The second-order valence-electron chi connectivity index (χ2n) is 3.92. The second kappa shape index (κ2) is 6.45. The average molecular weight is 259 g/mol. The molecule has 0 radical (unpaired) electrons. The molecule has 1 aromatic rings. The van der Waals surface area contributed by atoms with E-state index in [1.807, 2.05) is 6.92 Å². The Labute approximate surface area is 105 Å². The topological polar surface area (TPSA) is 41.1 Å². The first-order valence-electron chi connectivity index (χ1n) is 5.55. The Balaban J connectivity index is 2.53. The van der Waals surface area contributed by atoms with E-state index in [-0.39, 0.29) is 17.1 Å². The number of carbonyl (C=O) groups excluding carboxylic acids is 1. The first kappa shape index (κ1) is 13.8. The number of rotatable bonds is 4. The van der Waals surface area contributed by atoms with Crippen LogP contribution in [0.25, 0.3) is 0 Å². The van der Waals surface area contributed by atoms with E-state index in [1.54, 1.807) is 0 Å². The van der Waals surface area contributed by atoms with Gasteiger partial charge in [0.1, 0.15) is 5.82 Å². The number of hydrogen-bond acceptors (Lipinski definition) is 1. The SMILES string of the molecule is CCCC(C)NC(=O)Nc1ccc(F)c(Cl)c1. The monoisotopic (exact) mass is 258 g/mol. The number of urea groups is 1. The molecule has 0 fully saturated rings. The summed E-state index contributed by atoms with van der Waals surface area (Å²) in [6.07, 6.45) is 1.92. The molecule has 0 aliphatic carbocycles. The molecule has 0 saturated carbocycles. The average Bonchev–Trinajstić information content (AvgIpc) is 2.23. The van der Waals surface area contributed by atoms with E-state index in [0.717, 1.165) is 12.8 Å². The maximum Gasteiger partial charge on any atom is 0.319 e. The fourth-order valence-corrected chi connectivity index (χ4v) is 1.65. The molecule has 1 atom stereocenters. The molecule has 1 unspecified atom stereocenters. The summed E-state index contributed by atoms with van der Waals surface area (Å²) in [5.74, 6) is -0.503. The van der Waals surface area contributed by atoms with Gasteiger partial charge in [-0.05, 0) is 31.5 Å². The van der Waals surface area contributed by atoms with Gasteiger partial charge in [-0.1, -0.05) is 24.9 Å². The van der Waals surface area contributed by atoms with Gasteiger partial charge >= 0.3 is 6.03 Å². The molecule has 0 aliphatic rings. The summed E-state index contributed by atoms with van der Waals surface area (Å²) in [5, 5.41) is 5.36. The lowest BCUT2D eigenvalue weighted by molar-refractivity contribution is 0.248. The number of benzene rings is 1. The van der Waals surface area contributed by atoms with E-state index in [1.165, 1.54) is 18.2 Å². The lowest BCUT2D eigenvalue weighted by atomic mass is 10.2. The standard InChI is InChI=1S/C12H16ClFN2O/c1-3-4-8(2)15-12(17)16-9-5-6-11(14)10(13)7-9/h5-8H,3-4H2,1-2H3,(H2,15,16,17). The van der Waals surface area contributed by atoms with Gasteiger partial charge in [-0.3, -0.25) is 0 Å². The van der Waals surface area contributed by atoms with Crippen molar-refractivity contribution >= 4 is 23.3 Å². The first-order chi connectivity index (χ1) is 8.02. The van der Waals surface area contributed by atoms with Crippen LogP contribution < -0.4 is 10.6 Å². The van der Waals surface area contributed by atoms with Crippen molar-refractivity contribution < 1.29 is 9.18 Å². The third-order valence-electron chi connectivity index (χ3n) is 2.28. The molecule has 3 nitrogen and oxygen atoms in total. The molecule has 1 aromatic carbocycles. The minimum absolute atomic E-state index is 0.00981.